The molecule has 1 aliphatic heterocycles. The summed E-state index contributed by atoms with van der Waals surface area (Å²) in [5.41, 5.74) is 0.0913. The second-order valence-electron chi connectivity index (χ2n) is 4.49. The monoisotopic (exact) mass is 171 g/mol. The molecule has 0 aromatic carbocycles. The minimum absolute atomic E-state index is 0.0913. The van der Waals surface area contributed by atoms with Crippen LogP contribution in [-0.4, -0.2) is 25.3 Å². The first kappa shape index (κ1) is 10.0. The van der Waals surface area contributed by atoms with Crippen molar-refractivity contribution in [3.05, 3.63) is 0 Å². The van der Waals surface area contributed by atoms with Gasteiger partial charge in [-0.15, -0.1) is 0 Å². The van der Waals surface area contributed by atoms with Gasteiger partial charge in [0.05, 0.1) is 11.7 Å². The van der Waals surface area contributed by atoms with Crippen LogP contribution >= 0.6 is 0 Å². The minimum Gasteiger partial charge on any atom is -0.371 e. The van der Waals surface area contributed by atoms with Gasteiger partial charge in [0.2, 0.25) is 0 Å². The Balaban J connectivity index is 2.47. The van der Waals surface area contributed by atoms with Crippen LogP contribution in [0.25, 0.3) is 0 Å². The first-order valence-corrected chi connectivity index (χ1v) is 4.87. The maximum absolute atomic E-state index is 5.96. The molecule has 0 radical (unpaired) electrons. The highest BCUT2D eigenvalue weighted by atomic mass is 16.5. The molecule has 1 rings (SSSR count). The fourth-order valence-corrected chi connectivity index (χ4v) is 1.79. The molecule has 0 bridgehead atoms. The molecule has 2 atom stereocenters. The summed E-state index contributed by atoms with van der Waals surface area (Å²) < 4.78 is 5.96. The number of nitrogens with one attached hydrogen (secondary N) is 1. The summed E-state index contributed by atoms with van der Waals surface area (Å²) in [7, 11) is 1.98. The number of hydrogen-bond donors (Lipinski definition) is 1. The number of rotatable bonds is 2. The van der Waals surface area contributed by atoms with E-state index in [9.17, 15) is 0 Å². The van der Waals surface area contributed by atoms with Crippen molar-refractivity contribution in [3.63, 3.8) is 0 Å². The summed E-state index contributed by atoms with van der Waals surface area (Å²) in [6.45, 7) is 7.62. The van der Waals surface area contributed by atoms with Crippen LogP contribution in [0.2, 0.25) is 0 Å². The lowest BCUT2D eigenvalue weighted by molar-refractivity contribution is -0.128. The van der Waals surface area contributed by atoms with Crippen molar-refractivity contribution in [2.24, 2.45) is 5.92 Å². The van der Waals surface area contributed by atoms with Crippen LogP contribution in [0.5, 0.6) is 0 Å². The van der Waals surface area contributed by atoms with Gasteiger partial charge in [-0.1, -0.05) is 6.92 Å². The lowest BCUT2D eigenvalue weighted by atomic mass is 9.88. The van der Waals surface area contributed by atoms with Gasteiger partial charge in [-0.05, 0) is 39.7 Å². The summed E-state index contributed by atoms with van der Waals surface area (Å²) >= 11 is 0. The van der Waals surface area contributed by atoms with Gasteiger partial charge in [-0.3, -0.25) is 0 Å². The summed E-state index contributed by atoms with van der Waals surface area (Å²) in [6.07, 6.45) is 2.88. The van der Waals surface area contributed by atoms with E-state index in [0.29, 0.717) is 12.0 Å². The molecular weight excluding hydrogens is 150 g/mol. The molecule has 12 heavy (non-hydrogen) atoms. The zero-order valence-corrected chi connectivity index (χ0v) is 8.68. The molecule has 1 aliphatic rings. The number of ether oxygens (including phenoxy) is 1. The smallest absolute Gasteiger partial charge is 0.0732 e. The van der Waals surface area contributed by atoms with Crippen molar-refractivity contribution in [1.82, 2.24) is 5.32 Å². The molecule has 0 aliphatic carbocycles. The summed E-state index contributed by atoms with van der Waals surface area (Å²) in [5, 5.41) is 3.18. The number of likely N-dealkylation sites (N-methyl/N-ethyl adjacent to an activating group) is 1. The average Bonchev–Trinajstić information content (AvgIpc) is 1.97. The molecule has 1 N–H and O–H groups in total. The fraction of sp³-hybridized carbons (Fsp3) is 1.00. The number of hydrogen-bond acceptors (Lipinski definition) is 2. The van der Waals surface area contributed by atoms with Crippen molar-refractivity contribution in [3.8, 4) is 0 Å². The zero-order valence-electron chi connectivity index (χ0n) is 8.68. The molecule has 0 saturated carbocycles. The maximum Gasteiger partial charge on any atom is 0.0732 e. The summed E-state index contributed by atoms with van der Waals surface area (Å²) in [6, 6.07) is 0. The Bertz CT molecular complexity index is 145. The van der Waals surface area contributed by atoms with Crippen LogP contribution in [0, 0.1) is 5.92 Å². The van der Waals surface area contributed by atoms with Gasteiger partial charge in [0.15, 0.2) is 0 Å². The van der Waals surface area contributed by atoms with Crippen LogP contribution < -0.4 is 5.32 Å². The van der Waals surface area contributed by atoms with Gasteiger partial charge in [0, 0.05) is 6.54 Å². The Morgan fingerprint density at radius 1 is 1.50 bits per heavy atom. The van der Waals surface area contributed by atoms with Gasteiger partial charge in [-0.25, -0.2) is 0 Å². The van der Waals surface area contributed by atoms with E-state index in [4.69, 9.17) is 4.74 Å². The Hall–Kier alpha value is -0.0800. The summed E-state index contributed by atoms with van der Waals surface area (Å²) in [5.74, 6) is 0.700. The average molecular weight is 171 g/mol. The van der Waals surface area contributed by atoms with Crippen molar-refractivity contribution >= 4 is 0 Å². The van der Waals surface area contributed by atoms with Gasteiger partial charge in [0.25, 0.3) is 0 Å². The van der Waals surface area contributed by atoms with Crippen molar-refractivity contribution in [2.45, 2.75) is 45.3 Å². The molecule has 2 nitrogen and oxygen atoms in total. The van der Waals surface area contributed by atoms with E-state index < -0.39 is 0 Å². The van der Waals surface area contributed by atoms with Crippen LogP contribution in [0.3, 0.4) is 0 Å². The van der Waals surface area contributed by atoms with Crippen LogP contribution in [-0.2, 0) is 4.74 Å². The van der Waals surface area contributed by atoms with E-state index >= 15 is 0 Å². The van der Waals surface area contributed by atoms with Crippen LogP contribution in [0.1, 0.15) is 33.6 Å². The normalized spacial score (nSPS) is 35.0. The highest BCUT2D eigenvalue weighted by Gasteiger charge is 2.32. The SMILES string of the molecule is CNCC1OC(C)(C)CCC1C. The molecule has 0 aromatic rings. The van der Waals surface area contributed by atoms with Gasteiger partial charge in [0.1, 0.15) is 0 Å². The van der Waals surface area contributed by atoms with Crippen LogP contribution in [0.15, 0.2) is 0 Å². The highest BCUT2D eigenvalue weighted by Crippen LogP contribution is 2.31. The molecule has 0 aromatic heterocycles. The molecule has 2 unspecified atom stereocenters. The Labute approximate surface area is 75.7 Å². The predicted molar refractivity (Wildman–Crippen MR) is 51.3 cm³/mol. The molecular formula is C10H21NO. The minimum atomic E-state index is 0.0913. The van der Waals surface area contributed by atoms with Gasteiger partial charge < -0.3 is 10.1 Å². The quantitative estimate of drug-likeness (QED) is 0.684. The molecule has 1 fully saturated rings. The van der Waals surface area contributed by atoms with Crippen molar-refractivity contribution < 1.29 is 4.74 Å². The van der Waals surface area contributed by atoms with Gasteiger partial charge >= 0.3 is 0 Å². The topological polar surface area (TPSA) is 21.3 Å². The third-order valence-corrected chi connectivity index (χ3v) is 2.71. The molecule has 0 amide bonds. The maximum atomic E-state index is 5.96. The molecule has 2 heteroatoms. The van der Waals surface area contributed by atoms with Crippen molar-refractivity contribution in [2.75, 3.05) is 13.6 Å². The van der Waals surface area contributed by atoms with E-state index in [1.807, 2.05) is 7.05 Å². The Kier molecular flexibility index (Phi) is 3.13. The molecule has 1 heterocycles. The van der Waals surface area contributed by atoms with Gasteiger partial charge in [-0.2, -0.15) is 0 Å². The molecule has 72 valence electrons. The van der Waals surface area contributed by atoms with Crippen LogP contribution in [0.4, 0.5) is 0 Å². The first-order valence-electron chi connectivity index (χ1n) is 4.87. The van der Waals surface area contributed by atoms with E-state index in [-0.39, 0.29) is 5.60 Å². The largest absolute Gasteiger partial charge is 0.371 e. The Morgan fingerprint density at radius 2 is 2.17 bits per heavy atom. The van der Waals surface area contributed by atoms with E-state index in [1.54, 1.807) is 0 Å². The molecule has 0 spiro atoms. The first-order chi connectivity index (χ1) is 5.55. The molecule has 1 saturated heterocycles. The lowest BCUT2D eigenvalue weighted by Gasteiger charge is -2.40. The fourth-order valence-electron chi connectivity index (χ4n) is 1.79. The zero-order chi connectivity index (χ0) is 9.19. The lowest BCUT2D eigenvalue weighted by Crippen LogP contribution is -2.44. The standard InChI is InChI=1S/C10H21NO/c1-8-5-6-10(2,3)12-9(8)7-11-4/h8-9,11H,5-7H2,1-4H3. The van der Waals surface area contributed by atoms with Crippen molar-refractivity contribution in [1.29, 1.82) is 0 Å². The Morgan fingerprint density at radius 3 is 2.75 bits per heavy atom. The van der Waals surface area contributed by atoms with E-state index in [1.165, 1.54) is 12.8 Å². The van der Waals surface area contributed by atoms with E-state index in [0.717, 1.165) is 6.54 Å². The third kappa shape index (κ3) is 2.46. The predicted octanol–water partition coefficient (Wildman–Crippen LogP) is 1.80. The second-order valence-corrected chi connectivity index (χ2v) is 4.49. The van der Waals surface area contributed by atoms with E-state index in [2.05, 4.69) is 26.1 Å². The third-order valence-electron chi connectivity index (χ3n) is 2.71. The second kappa shape index (κ2) is 3.75. The highest BCUT2D eigenvalue weighted by molar-refractivity contribution is 4.82. The summed E-state index contributed by atoms with van der Waals surface area (Å²) in [4.78, 5) is 0.